The van der Waals surface area contributed by atoms with Crippen molar-refractivity contribution in [1.82, 2.24) is 15.3 Å². The predicted molar refractivity (Wildman–Crippen MR) is 72.1 cm³/mol. The Morgan fingerprint density at radius 1 is 1.39 bits per heavy atom. The molecule has 2 aromatic heterocycles. The van der Waals surface area contributed by atoms with Crippen LogP contribution in [0.1, 0.15) is 25.5 Å². The van der Waals surface area contributed by atoms with Crippen LogP contribution in [0.5, 0.6) is 0 Å². The molecule has 0 spiro atoms. The summed E-state index contributed by atoms with van der Waals surface area (Å²) >= 11 is 1.58. The smallest absolute Gasteiger partial charge is 0.220 e. The van der Waals surface area contributed by atoms with E-state index in [-0.39, 0.29) is 5.91 Å². The van der Waals surface area contributed by atoms with E-state index in [9.17, 15) is 4.79 Å². The van der Waals surface area contributed by atoms with E-state index < -0.39 is 0 Å². The van der Waals surface area contributed by atoms with Crippen molar-refractivity contribution in [3.8, 4) is 10.6 Å². The molecule has 1 amide bonds. The minimum absolute atomic E-state index is 0.0796. The molecule has 0 saturated carbocycles. The van der Waals surface area contributed by atoms with Gasteiger partial charge >= 0.3 is 0 Å². The summed E-state index contributed by atoms with van der Waals surface area (Å²) in [4.78, 5) is 19.8. The molecular formula is C13H15N3OS. The van der Waals surface area contributed by atoms with Gasteiger partial charge in [0.15, 0.2) is 0 Å². The van der Waals surface area contributed by atoms with Crippen molar-refractivity contribution in [2.75, 3.05) is 0 Å². The average Bonchev–Trinajstić information content (AvgIpc) is 2.87. The molecule has 0 fully saturated rings. The Kier molecular flexibility index (Phi) is 4.41. The highest BCUT2D eigenvalue weighted by Crippen LogP contribution is 2.22. The molecule has 0 radical (unpaired) electrons. The topological polar surface area (TPSA) is 54.9 Å². The number of pyridine rings is 1. The van der Waals surface area contributed by atoms with Crippen LogP contribution in [0.15, 0.2) is 29.9 Å². The zero-order valence-corrected chi connectivity index (χ0v) is 11.0. The lowest BCUT2D eigenvalue weighted by atomic mass is 10.3. The summed E-state index contributed by atoms with van der Waals surface area (Å²) in [6, 6.07) is 3.86. The summed E-state index contributed by atoms with van der Waals surface area (Å²) in [5, 5.41) is 5.79. The van der Waals surface area contributed by atoms with Crippen molar-refractivity contribution in [3.05, 3.63) is 35.6 Å². The largest absolute Gasteiger partial charge is 0.350 e. The van der Waals surface area contributed by atoms with Crippen molar-refractivity contribution in [3.63, 3.8) is 0 Å². The van der Waals surface area contributed by atoms with Gasteiger partial charge in [-0.25, -0.2) is 4.98 Å². The number of nitrogens with zero attached hydrogens (tertiary/aromatic N) is 2. The van der Waals surface area contributed by atoms with Crippen LogP contribution in [0.25, 0.3) is 10.6 Å². The molecule has 0 unspecified atom stereocenters. The molecule has 2 aromatic rings. The molecule has 0 saturated heterocycles. The maximum Gasteiger partial charge on any atom is 0.220 e. The van der Waals surface area contributed by atoms with Gasteiger partial charge in [-0.3, -0.25) is 9.78 Å². The summed E-state index contributed by atoms with van der Waals surface area (Å²) in [7, 11) is 0. The molecule has 0 aliphatic rings. The summed E-state index contributed by atoms with van der Waals surface area (Å²) in [6.07, 6.45) is 4.94. The van der Waals surface area contributed by atoms with E-state index in [1.807, 2.05) is 24.4 Å². The van der Waals surface area contributed by atoms with Gasteiger partial charge in [-0.1, -0.05) is 6.92 Å². The van der Waals surface area contributed by atoms with Gasteiger partial charge < -0.3 is 5.32 Å². The Morgan fingerprint density at radius 3 is 2.89 bits per heavy atom. The fourth-order valence-corrected chi connectivity index (χ4v) is 2.35. The van der Waals surface area contributed by atoms with E-state index in [4.69, 9.17) is 0 Å². The molecule has 5 heteroatoms. The van der Waals surface area contributed by atoms with Crippen molar-refractivity contribution in [2.24, 2.45) is 0 Å². The van der Waals surface area contributed by atoms with Crippen LogP contribution in [-0.2, 0) is 11.3 Å². The Hall–Kier alpha value is -1.75. The summed E-state index contributed by atoms with van der Waals surface area (Å²) in [6.45, 7) is 2.49. The third-order valence-electron chi connectivity index (χ3n) is 2.42. The maximum absolute atomic E-state index is 11.3. The second-order valence-corrected chi connectivity index (χ2v) is 4.76. The monoisotopic (exact) mass is 261 g/mol. The highest BCUT2D eigenvalue weighted by Gasteiger charge is 2.05. The van der Waals surface area contributed by atoms with Gasteiger partial charge in [0.05, 0.1) is 12.2 Å². The quantitative estimate of drug-likeness (QED) is 0.900. The minimum atomic E-state index is 0.0796. The van der Waals surface area contributed by atoms with E-state index in [1.54, 1.807) is 23.7 Å². The number of rotatable bonds is 5. The van der Waals surface area contributed by atoms with Crippen LogP contribution in [0.3, 0.4) is 0 Å². The first-order chi connectivity index (χ1) is 8.79. The van der Waals surface area contributed by atoms with Crippen LogP contribution in [0.4, 0.5) is 0 Å². The van der Waals surface area contributed by atoms with Gasteiger partial charge in [0.25, 0.3) is 0 Å². The zero-order valence-electron chi connectivity index (χ0n) is 10.2. The number of amides is 1. The molecule has 94 valence electrons. The minimum Gasteiger partial charge on any atom is -0.350 e. The molecule has 0 aromatic carbocycles. The standard InChI is InChI=1S/C13H15N3OS/c1-2-3-12(17)15-8-11-9-18-13(16-11)10-4-6-14-7-5-10/h4-7,9H,2-3,8H2,1H3,(H,15,17). The van der Waals surface area contributed by atoms with Gasteiger partial charge in [-0.05, 0) is 18.6 Å². The van der Waals surface area contributed by atoms with Gasteiger partial charge in [0, 0.05) is 29.8 Å². The molecule has 18 heavy (non-hydrogen) atoms. The van der Waals surface area contributed by atoms with Crippen molar-refractivity contribution in [2.45, 2.75) is 26.3 Å². The maximum atomic E-state index is 11.3. The van der Waals surface area contributed by atoms with E-state index in [1.165, 1.54) is 0 Å². The van der Waals surface area contributed by atoms with Gasteiger partial charge in [0.1, 0.15) is 5.01 Å². The predicted octanol–water partition coefficient (Wildman–Crippen LogP) is 2.62. The number of thiazole rings is 1. The first-order valence-electron chi connectivity index (χ1n) is 5.91. The third-order valence-corrected chi connectivity index (χ3v) is 3.36. The number of aromatic nitrogens is 2. The molecule has 1 N–H and O–H groups in total. The van der Waals surface area contributed by atoms with Crippen LogP contribution in [-0.4, -0.2) is 15.9 Å². The second-order valence-electron chi connectivity index (χ2n) is 3.91. The molecule has 0 aliphatic heterocycles. The normalized spacial score (nSPS) is 10.3. The Labute approximate surface area is 110 Å². The van der Waals surface area contributed by atoms with E-state index in [0.717, 1.165) is 22.7 Å². The van der Waals surface area contributed by atoms with Gasteiger partial charge in [0.2, 0.25) is 5.91 Å². The lowest BCUT2D eigenvalue weighted by molar-refractivity contribution is -0.121. The van der Waals surface area contributed by atoms with Gasteiger partial charge in [-0.15, -0.1) is 11.3 Å². The summed E-state index contributed by atoms with van der Waals surface area (Å²) in [5.74, 6) is 0.0796. The van der Waals surface area contributed by atoms with Crippen LogP contribution in [0.2, 0.25) is 0 Å². The molecular weight excluding hydrogens is 246 g/mol. The zero-order chi connectivity index (χ0) is 12.8. The number of carbonyl (C=O) groups is 1. The second kappa shape index (κ2) is 6.26. The number of hydrogen-bond acceptors (Lipinski definition) is 4. The Morgan fingerprint density at radius 2 is 2.17 bits per heavy atom. The summed E-state index contributed by atoms with van der Waals surface area (Å²) in [5.41, 5.74) is 1.96. The number of hydrogen-bond donors (Lipinski definition) is 1. The fourth-order valence-electron chi connectivity index (χ4n) is 1.52. The molecule has 0 bridgehead atoms. The van der Waals surface area contributed by atoms with Crippen molar-refractivity contribution < 1.29 is 4.79 Å². The van der Waals surface area contributed by atoms with Crippen LogP contribution < -0.4 is 5.32 Å². The van der Waals surface area contributed by atoms with E-state index >= 15 is 0 Å². The number of carbonyl (C=O) groups excluding carboxylic acids is 1. The van der Waals surface area contributed by atoms with Crippen molar-refractivity contribution in [1.29, 1.82) is 0 Å². The summed E-state index contributed by atoms with van der Waals surface area (Å²) < 4.78 is 0. The van der Waals surface area contributed by atoms with Crippen LogP contribution >= 0.6 is 11.3 Å². The lowest BCUT2D eigenvalue weighted by Gasteiger charge is -2.00. The van der Waals surface area contributed by atoms with E-state index in [2.05, 4.69) is 15.3 Å². The fraction of sp³-hybridized carbons (Fsp3) is 0.308. The molecule has 2 heterocycles. The van der Waals surface area contributed by atoms with Gasteiger partial charge in [-0.2, -0.15) is 0 Å². The number of nitrogens with one attached hydrogen (secondary N) is 1. The first-order valence-corrected chi connectivity index (χ1v) is 6.79. The molecule has 0 aliphatic carbocycles. The average molecular weight is 261 g/mol. The molecule has 4 nitrogen and oxygen atoms in total. The third kappa shape index (κ3) is 3.37. The SMILES string of the molecule is CCCC(=O)NCc1csc(-c2ccncc2)n1. The molecule has 0 atom stereocenters. The van der Waals surface area contributed by atoms with Crippen molar-refractivity contribution >= 4 is 17.2 Å². The lowest BCUT2D eigenvalue weighted by Crippen LogP contribution is -2.22. The van der Waals surface area contributed by atoms with Crippen LogP contribution in [0, 0.1) is 0 Å². The van der Waals surface area contributed by atoms with E-state index in [0.29, 0.717) is 13.0 Å². The highest BCUT2D eigenvalue weighted by molar-refractivity contribution is 7.13. The Balaban J connectivity index is 1.97. The first kappa shape index (κ1) is 12.7. The Bertz CT molecular complexity index is 510. The molecule has 2 rings (SSSR count). The highest BCUT2D eigenvalue weighted by atomic mass is 32.1.